The normalized spacial score (nSPS) is 24.8. The molecule has 0 saturated heterocycles. The van der Waals surface area contributed by atoms with Gasteiger partial charge < -0.3 is 5.32 Å². The second-order valence-corrected chi connectivity index (χ2v) is 5.69. The van der Waals surface area contributed by atoms with Crippen molar-refractivity contribution in [3.63, 3.8) is 0 Å². The third-order valence-corrected chi connectivity index (χ3v) is 4.26. The monoisotopic (exact) mass is 231 g/mol. The Labute approximate surface area is 106 Å². The SMILES string of the molecule is CCC1CC1NC(C)c1cc(C)c(C)cc1C. The van der Waals surface area contributed by atoms with E-state index >= 15 is 0 Å². The molecule has 0 aliphatic heterocycles. The standard InChI is InChI=1S/C16H25N/c1-6-14-9-16(14)17-13(5)15-8-11(3)10(2)7-12(15)4/h7-8,13-14,16-17H,6,9H2,1-5H3. The molecule has 0 amide bonds. The Kier molecular flexibility index (Phi) is 3.58. The summed E-state index contributed by atoms with van der Waals surface area (Å²) in [6.45, 7) is 11.2. The summed E-state index contributed by atoms with van der Waals surface area (Å²) in [5, 5.41) is 3.76. The van der Waals surface area contributed by atoms with Crippen LogP contribution in [-0.4, -0.2) is 6.04 Å². The second-order valence-electron chi connectivity index (χ2n) is 5.69. The molecule has 3 unspecified atom stereocenters. The summed E-state index contributed by atoms with van der Waals surface area (Å²) in [5.41, 5.74) is 5.69. The van der Waals surface area contributed by atoms with Gasteiger partial charge in [-0.15, -0.1) is 0 Å². The lowest BCUT2D eigenvalue weighted by molar-refractivity contribution is 0.537. The van der Waals surface area contributed by atoms with Gasteiger partial charge in [0.25, 0.3) is 0 Å². The van der Waals surface area contributed by atoms with Crippen molar-refractivity contribution >= 4 is 0 Å². The molecule has 0 heterocycles. The summed E-state index contributed by atoms with van der Waals surface area (Å²) >= 11 is 0. The average molecular weight is 231 g/mol. The fraction of sp³-hybridized carbons (Fsp3) is 0.625. The lowest BCUT2D eigenvalue weighted by Gasteiger charge is -2.18. The predicted molar refractivity (Wildman–Crippen MR) is 74.4 cm³/mol. The molecule has 1 saturated carbocycles. The third-order valence-electron chi connectivity index (χ3n) is 4.26. The topological polar surface area (TPSA) is 12.0 Å². The van der Waals surface area contributed by atoms with E-state index < -0.39 is 0 Å². The van der Waals surface area contributed by atoms with Crippen LogP contribution in [0, 0.1) is 26.7 Å². The van der Waals surface area contributed by atoms with E-state index in [2.05, 4.69) is 52.1 Å². The van der Waals surface area contributed by atoms with Crippen LogP contribution in [0.4, 0.5) is 0 Å². The summed E-state index contributed by atoms with van der Waals surface area (Å²) in [4.78, 5) is 0. The molecule has 17 heavy (non-hydrogen) atoms. The molecular formula is C16H25N. The third kappa shape index (κ3) is 2.71. The molecule has 1 aliphatic rings. The number of aryl methyl sites for hydroxylation is 3. The molecule has 1 aromatic rings. The van der Waals surface area contributed by atoms with Crippen LogP contribution in [0.1, 0.15) is 55.0 Å². The maximum absolute atomic E-state index is 3.76. The van der Waals surface area contributed by atoms with Crippen molar-refractivity contribution in [2.45, 2.75) is 59.5 Å². The van der Waals surface area contributed by atoms with E-state index in [9.17, 15) is 0 Å². The molecule has 2 rings (SSSR count). The zero-order valence-electron chi connectivity index (χ0n) is 11.8. The van der Waals surface area contributed by atoms with Gasteiger partial charge in [0.15, 0.2) is 0 Å². The molecule has 1 aliphatic carbocycles. The van der Waals surface area contributed by atoms with Gasteiger partial charge in [-0.25, -0.2) is 0 Å². The van der Waals surface area contributed by atoms with Crippen LogP contribution >= 0.6 is 0 Å². The van der Waals surface area contributed by atoms with Crippen LogP contribution in [0.5, 0.6) is 0 Å². The van der Waals surface area contributed by atoms with Crippen LogP contribution in [0.2, 0.25) is 0 Å². The molecule has 0 spiro atoms. The minimum absolute atomic E-state index is 0.482. The second kappa shape index (κ2) is 4.81. The summed E-state index contributed by atoms with van der Waals surface area (Å²) in [6.07, 6.45) is 2.68. The van der Waals surface area contributed by atoms with Crippen LogP contribution in [0.15, 0.2) is 12.1 Å². The largest absolute Gasteiger partial charge is 0.307 e. The first-order valence-corrected chi connectivity index (χ1v) is 6.86. The highest BCUT2D eigenvalue weighted by Gasteiger charge is 2.36. The fourth-order valence-electron chi connectivity index (χ4n) is 2.76. The van der Waals surface area contributed by atoms with Gasteiger partial charge in [0.2, 0.25) is 0 Å². The van der Waals surface area contributed by atoms with Crippen molar-refractivity contribution in [1.82, 2.24) is 5.32 Å². The van der Waals surface area contributed by atoms with Gasteiger partial charge in [0.05, 0.1) is 0 Å². The number of rotatable bonds is 4. The van der Waals surface area contributed by atoms with Gasteiger partial charge in [-0.3, -0.25) is 0 Å². The molecule has 1 fully saturated rings. The highest BCUT2D eigenvalue weighted by Crippen LogP contribution is 2.35. The molecule has 94 valence electrons. The number of hydrogen-bond donors (Lipinski definition) is 1. The van der Waals surface area contributed by atoms with E-state index in [1.807, 2.05) is 0 Å². The lowest BCUT2D eigenvalue weighted by Crippen LogP contribution is -2.23. The summed E-state index contributed by atoms with van der Waals surface area (Å²) in [6, 6.07) is 5.91. The Morgan fingerprint density at radius 2 is 1.82 bits per heavy atom. The van der Waals surface area contributed by atoms with Gasteiger partial charge in [-0.1, -0.05) is 25.5 Å². The molecule has 0 aromatic heterocycles. The van der Waals surface area contributed by atoms with Crippen molar-refractivity contribution in [2.24, 2.45) is 5.92 Å². The first-order chi connectivity index (χ1) is 8.02. The highest BCUT2D eigenvalue weighted by atomic mass is 15.0. The maximum atomic E-state index is 3.76. The zero-order chi connectivity index (χ0) is 12.6. The minimum Gasteiger partial charge on any atom is -0.307 e. The van der Waals surface area contributed by atoms with Crippen LogP contribution in [0.25, 0.3) is 0 Å². The molecule has 1 nitrogen and oxygen atoms in total. The summed E-state index contributed by atoms with van der Waals surface area (Å²) in [5.74, 6) is 0.921. The van der Waals surface area contributed by atoms with E-state index in [0.29, 0.717) is 6.04 Å². The number of benzene rings is 1. The molecule has 1 heteroatoms. The quantitative estimate of drug-likeness (QED) is 0.824. The Morgan fingerprint density at radius 1 is 1.18 bits per heavy atom. The molecule has 0 radical (unpaired) electrons. The van der Waals surface area contributed by atoms with Crippen molar-refractivity contribution in [2.75, 3.05) is 0 Å². The van der Waals surface area contributed by atoms with Crippen LogP contribution < -0.4 is 5.32 Å². The Balaban J connectivity index is 2.08. The van der Waals surface area contributed by atoms with Crippen molar-refractivity contribution in [3.05, 3.63) is 34.4 Å². The van der Waals surface area contributed by atoms with E-state index in [1.165, 1.54) is 35.1 Å². The van der Waals surface area contributed by atoms with Gasteiger partial charge >= 0.3 is 0 Å². The number of hydrogen-bond acceptors (Lipinski definition) is 1. The van der Waals surface area contributed by atoms with E-state index in [4.69, 9.17) is 0 Å². The fourth-order valence-corrected chi connectivity index (χ4v) is 2.76. The summed E-state index contributed by atoms with van der Waals surface area (Å²) < 4.78 is 0. The molecule has 1 N–H and O–H groups in total. The van der Waals surface area contributed by atoms with Crippen LogP contribution in [-0.2, 0) is 0 Å². The van der Waals surface area contributed by atoms with E-state index in [1.54, 1.807) is 0 Å². The van der Waals surface area contributed by atoms with Crippen molar-refractivity contribution in [1.29, 1.82) is 0 Å². The van der Waals surface area contributed by atoms with Crippen molar-refractivity contribution < 1.29 is 0 Å². The van der Waals surface area contributed by atoms with Crippen molar-refractivity contribution in [3.8, 4) is 0 Å². The highest BCUT2D eigenvalue weighted by molar-refractivity contribution is 5.38. The lowest BCUT2D eigenvalue weighted by atomic mass is 9.96. The van der Waals surface area contributed by atoms with Gasteiger partial charge in [0, 0.05) is 12.1 Å². The first kappa shape index (κ1) is 12.6. The Bertz CT molecular complexity index is 408. The van der Waals surface area contributed by atoms with Crippen LogP contribution in [0.3, 0.4) is 0 Å². The Hall–Kier alpha value is -0.820. The number of nitrogens with one attached hydrogen (secondary N) is 1. The smallest absolute Gasteiger partial charge is 0.0297 e. The minimum atomic E-state index is 0.482. The molecular weight excluding hydrogens is 206 g/mol. The first-order valence-electron chi connectivity index (χ1n) is 6.86. The van der Waals surface area contributed by atoms with E-state index in [-0.39, 0.29) is 0 Å². The van der Waals surface area contributed by atoms with E-state index in [0.717, 1.165) is 12.0 Å². The average Bonchev–Trinajstić information content (AvgIpc) is 3.01. The zero-order valence-corrected chi connectivity index (χ0v) is 11.8. The van der Waals surface area contributed by atoms with Gasteiger partial charge in [-0.05, 0) is 62.3 Å². The van der Waals surface area contributed by atoms with Gasteiger partial charge in [0.1, 0.15) is 0 Å². The van der Waals surface area contributed by atoms with Gasteiger partial charge in [-0.2, -0.15) is 0 Å². The molecule has 0 bridgehead atoms. The maximum Gasteiger partial charge on any atom is 0.0297 e. The Morgan fingerprint density at radius 3 is 2.41 bits per heavy atom. The summed E-state index contributed by atoms with van der Waals surface area (Å²) in [7, 11) is 0. The molecule has 1 aromatic carbocycles. The molecule has 3 atom stereocenters. The predicted octanol–water partition coefficient (Wildman–Crippen LogP) is 4.06.